The Bertz CT molecular complexity index is 1000. The Hall–Kier alpha value is -3.32. The van der Waals surface area contributed by atoms with E-state index in [1.165, 1.54) is 18.1 Å². The summed E-state index contributed by atoms with van der Waals surface area (Å²) in [4.78, 5) is 38.4. The van der Waals surface area contributed by atoms with Gasteiger partial charge >= 0.3 is 5.97 Å². The third-order valence-electron chi connectivity index (χ3n) is 4.38. The van der Waals surface area contributed by atoms with Crippen molar-refractivity contribution in [3.8, 4) is 0 Å². The Morgan fingerprint density at radius 2 is 1.93 bits per heavy atom. The van der Waals surface area contributed by atoms with Crippen LogP contribution < -0.4 is 15.5 Å². The highest BCUT2D eigenvalue weighted by Gasteiger charge is 2.25. The predicted molar refractivity (Wildman–Crippen MR) is 112 cm³/mol. The zero-order chi connectivity index (χ0) is 21.0. The molecule has 0 saturated carbocycles. The Morgan fingerprint density at radius 1 is 1.17 bits per heavy atom. The molecule has 1 aliphatic heterocycles. The Kier molecular flexibility index (Phi) is 6.19. The summed E-state index contributed by atoms with van der Waals surface area (Å²) in [5, 5.41) is 6.26. The van der Waals surface area contributed by atoms with Gasteiger partial charge in [0.1, 0.15) is 6.54 Å². The van der Waals surface area contributed by atoms with Crippen molar-refractivity contribution in [1.29, 1.82) is 0 Å². The molecule has 2 N–H and O–H groups in total. The van der Waals surface area contributed by atoms with Crippen molar-refractivity contribution < 1.29 is 19.1 Å². The number of carbonyl (C=O) groups is 3. The molecule has 0 unspecified atom stereocenters. The fourth-order valence-corrected chi connectivity index (χ4v) is 3.11. The second kappa shape index (κ2) is 8.79. The van der Waals surface area contributed by atoms with E-state index in [2.05, 4.69) is 15.4 Å². The zero-order valence-electron chi connectivity index (χ0n) is 16.0. The zero-order valence-corrected chi connectivity index (χ0v) is 16.7. The highest BCUT2D eigenvalue weighted by atomic mass is 35.5. The summed E-state index contributed by atoms with van der Waals surface area (Å²) >= 11 is 6.24. The molecule has 1 heterocycles. The Labute approximate surface area is 173 Å². The molecule has 29 heavy (non-hydrogen) atoms. The lowest BCUT2D eigenvalue weighted by Crippen LogP contribution is -2.37. The standard InChI is InChI=1S/C21H20ClN3O4/c1-13-6-5-8-16(21(13)22)24-18(26)12-25-17-9-4-3-7-15(17)23-14(10-19(25)27)11-20(28)29-2/h3-10,23H,11-12H2,1-2H3,(H,24,26). The number of anilines is 3. The Morgan fingerprint density at radius 3 is 2.69 bits per heavy atom. The van der Waals surface area contributed by atoms with Crippen molar-refractivity contribution in [3.05, 3.63) is 64.8 Å². The third-order valence-corrected chi connectivity index (χ3v) is 4.89. The first kappa shape index (κ1) is 20.4. The van der Waals surface area contributed by atoms with Crippen molar-refractivity contribution in [1.82, 2.24) is 0 Å². The molecule has 0 fully saturated rings. The van der Waals surface area contributed by atoms with E-state index in [4.69, 9.17) is 11.6 Å². The van der Waals surface area contributed by atoms with Crippen molar-refractivity contribution in [3.63, 3.8) is 0 Å². The number of nitrogens with zero attached hydrogens (tertiary/aromatic N) is 1. The topological polar surface area (TPSA) is 87.7 Å². The largest absolute Gasteiger partial charge is 0.469 e. The van der Waals surface area contributed by atoms with Crippen molar-refractivity contribution in [2.45, 2.75) is 13.3 Å². The number of methoxy groups -OCH3 is 1. The first-order chi connectivity index (χ1) is 13.9. The minimum atomic E-state index is -0.477. The van der Waals surface area contributed by atoms with Crippen LogP contribution in [0.25, 0.3) is 0 Å². The molecule has 0 atom stereocenters. The molecule has 7 nitrogen and oxygen atoms in total. The van der Waals surface area contributed by atoms with Crippen LogP contribution in [0.2, 0.25) is 5.02 Å². The van der Waals surface area contributed by atoms with E-state index >= 15 is 0 Å². The van der Waals surface area contributed by atoms with Gasteiger partial charge in [-0.2, -0.15) is 0 Å². The first-order valence-electron chi connectivity index (χ1n) is 8.89. The van der Waals surface area contributed by atoms with E-state index in [0.29, 0.717) is 27.8 Å². The number of hydrogen-bond donors (Lipinski definition) is 2. The summed E-state index contributed by atoms with van der Waals surface area (Å²) in [6.07, 6.45) is 1.21. The second-order valence-electron chi connectivity index (χ2n) is 6.47. The Balaban J connectivity index is 1.85. The highest BCUT2D eigenvalue weighted by Crippen LogP contribution is 2.31. The fraction of sp³-hybridized carbons (Fsp3) is 0.190. The molecule has 2 aromatic rings. The van der Waals surface area contributed by atoms with Gasteiger partial charge in [-0.15, -0.1) is 0 Å². The van der Waals surface area contributed by atoms with Crippen LogP contribution >= 0.6 is 11.6 Å². The number of halogens is 1. The third kappa shape index (κ3) is 4.75. The maximum absolute atomic E-state index is 12.8. The summed E-state index contributed by atoms with van der Waals surface area (Å²) in [7, 11) is 1.28. The summed E-state index contributed by atoms with van der Waals surface area (Å²) in [5.74, 6) is -1.30. The van der Waals surface area contributed by atoms with E-state index in [1.54, 1.807) is 36.4 Å². The molecular formula is C21H20ClN3O4. The first-order valence-corrected chi connectivity index (χ1v) is 9.26. The number of benzene rings is 2. The smallest absolute Gasteiger partial charge is 0.311 e. The minimum Gasteiger partial charge on any atom is -0.469 e. The molecule has 0 aliphatic carbocycles. The number of ether oxygens (including phenoxy) is 1. The number of amides is 2. The lowest BCUT2D eigenvalue weighted by molar-refractivity contribution is -0.139. The SMILES string of the molecule is COC(=O)CC1=CC(=O)N(CC(=O)Nc2cccc(C)c2Cl)c2ccccc2N1. The van der Waals surface area contributed by atoms with Gasteiger partial charge in [0.15, 0.2) is 0 Å². The van der Waals surface area contributed by atoms with Crippen molar-refractivity contribution in [2.24, 2.45) is 0 Å². The summed E-state index contributed by atoms with van der Waals surface area (Å²) in [6.45, 7) is 1.62. The quantitative estimate of drug-likeness (QED) is 0.732. The summed E-state index contributed by atoms with van der Waals surface area (Å²) < 4.78 is 4.67. The predicted octanol–water partition coefficient (Wildman–Crippen LogP) is 3.49. The van der Waals surface area contributed by atoms with Crippen LogP contribution in [0.15, 0.2) is 54.2 Å². The van der Waals surface area contributed by atoms with Crippen molar-refractivity contribution >= 4 is 46.4 Å². The minimum absolute atomic E-state index is 0.0878. The van der Waals surface area contributed by atoms with E-state index in [9.17, 15) is 14.4 Å². The molecule has 0 radical (unpaired) electrons. The molecule has 2 aromatic carbocycles. The molecule has 3 rings (SSSR count). The molecule has 1 aliphatic rings. The fourth-order valence-electron chi connectivity index (χ4n) is 2.93. The molecule has 0 bridgehead atoms. The number of aryl methyl sites for hydroxylation is 1. The number of rotatable bonds is 5. The molecule has 0 aromatic heterocycles. The van der Waals surface area contributed by atoms with Gasteiger partial charge in [-0.3, -0.25) is 19.3 Å². The van der Waals surface area contributed by atoms with Gasteiger partial charge in [0.05, 0.1) is 35.6 Å². The second-order valence-corrected chi connectivity index (χ2v) is 6.85. The number of fused-ring (bicyclic) bond motifs is 1. The van der Waals surface area contributed by atoms with Crippen LogP contribution in [0.1, 0.15) is 12.0 Å². The van der Waals surface area contributed by atoms with Crippen molar-refractivity contribution in [2.75, 3.05) is 29.2 Å². The van der Waals surface area contributed by atoms with Crippen LogP contribution in [0, 0.1) is 6.92 Å². The van der Waals surface area contributed by atoms with Gasteiger partial charge in [-0.25, -0.2) is 0 Å². The van der Waals surface area contributed by atoms with Gasteiger partial charge < -0.3 is 15.4 Å². The number of carbonyl (C=O) groups excluding carboxylic acids is 3. The molecule has 0 saturated heterocycles. The van der Waals surface area contributed by atoms with Gasteiger partial charge in [0.2, 0.25) is 5.91 Å². The number of esters is 1. The van der Waals surface area contributed by atoms with E-state index in [-0.39, 0.29) is 13.0 Å². The van der Waals surface area contributed by atoms with Gasteiger partial charge in [-0.05, 0) is 30.7 Å². The molecule has 8 heteroatoms. The van der Waals surface area contributed by atoms with Crippen LogP contribution in [-0.2, 0) is 19.1 Å². The van der Waals surface area contributed by atoms with Gasteiger partial charge in [0, 0.05) is 11.8 Å². The number of nitrogens with one attached hydrogen (secondary N) is 2. The molecule has 0 spiro atoms. The average Bonchev–Trinajstić information content (AvgIpc) is 2.82. The maximum atomic E-state index is 12.8. The summed E-state index contributed by atoms with van der Waals surface area (Å²) in [5.41, 5.74) is 2.83. The maximum Gasteiger partial charge on any atom is 0.311 e. The van der Waals surface area contributed by atoms with E-state index in [0.717, 1.165) is 5.56 Å². The lowest BCUT2D eigenvalue weighted by Gasteiger charge is -2.22. The number of para-hydroxylation sites is 2. The van der Waals surface area contributed by atoms with Gasteiger partial charge in [0.25, 0.3) is 5.91 Å². The monoisotopic (exact) mass is 413 g/mol. The highest BCUT2D eigenvalue weighted by molar-refractivity contribution is 6.34. The summed E-state index contributed by atoms with van der Waals surface area (Å²) in [6, 6.07) is 12.4. The van der Waals surface area contributed by atoms with Crippen LogP contribution in [0.3, 0.4) is 0 Å². The average molecular weight is 414 g/mol. The molecule has 150 valence electrons. The van der Waals surface area contributed by atoms with E-state index in [1.807, 2.05) is 13.0 Å². The molecule has 2 amide bonds. The number of hydrogen-bond acceptors (Lipinski definition) is 5. The van der Waals surface area contributed by atoms with Crippen LogP contribution in [0.4, 0.5) is 17.1 Å². The van der Waals surface area contributed by atoms with Crippen LogP contribution in [-0.4, -0.2) is 31.4 Å². The van der Waals surface area contributed by atoms with Gasteiger partial charge in [-0.1, -0.05) is 35.9 Å². The van der Waals surface area contributed by atoms with E-state index < -0.39 is 17.8 Å². The lowest BCUT2D eigenvalue weighted by atomic mass is 10.2. The molecular weight excluding hydrogens is 394 g/mol. The van der Waals surface area contributed by atoms with Crippen LogP contribution in [0.5, 0.6) is 0 Å². The normalized spacial score (nSPS) is 13.0.